The van der Waals surface area contributed by atoms with Crippen LogP contribution in [0.5, 0.6) is 5.75 Å². The van der Waals surface area contributed by atoms with E-state index in [4.69, 9.17) is 9.47 Å². The van der Waals surface area contributed by atoms with Crippen molar-refractivity contribution in [2.24, 2.45) is 7.05 Å². The topological polar surface area (TPSA) is 59.8 Å². The zero-order valence-electron chi connectivity index (χ0n) is 14.3. The van der Waals surface area contributed by atoms with Crippen molar-refractivity contribution >= 4 is 0 Å². The summed E-state index contributed by atoms with van der Waals surface area (Å²) >= 11 is 0. The molecule has 0 aliphatic carbocycles. The molecule has 1 aromatic carbocycles. The molecule has 2 heterocycles. The second kappa shape index (κ2) is 7.79. The Balaban J connectivity index is 1.44. The lowest BCUT2D eigenvalue weighted by atomic mass is 10.1. The summed E-state index contributed by atoms with van der Waals surface area (Å²) < 4.78 is 13.0. The fraction of sp³-hybridized carbons (Fsp3) is 0.500. The number of para-hydroxylation sites is 1. The van der Waals surface area contributed by atoms with Crippen molar-refractivity contribution in [3.8, 4) is 5.75 Å². The highest BCUT2D eigenvalue weighted by Crippen LogP contribution is 2.19. The second-order valence-corrected chi connectivity index (χ2v) is 6.21. The van der Waals surface area contributed by atoms with E-state index in [2.05, 4.69) is 14.5 Å². The first-order valence-electron chi connectivity index (χ1n) is 8.26. The van der Waals surface area contributed by atoms with E-state index in [1.165, 1.54) is 5.69 Å². The first kappa shape index (κ1) is 17.0. The molecule has 0 amide bonds. The maximum Gasteiger partial charge on any atom is 0.124 e. The molecule has 2 aromatic rings. The van der Waals surface area contributed by atoms with Crippen LogP contribution in [0.25, 0.3) is 0 Å². The van der Waals surface area contributed by atoms with Gasteiger partial charge in [0, 0.05) is 44.4 Å². The number of imidazole rings is 1. The Kier molecular flexibility index (Phi) is 5.50. The van der Waals surface area contributed by atoms with Crippen LogP contribution in [0, 0.1) is 0 Å². The largest absolute Gasteiger partial charge is 0.496 e. The van der Waals surface area contributed by atoms with Gasteiger partial charge in [-0.3, -0.25) is 4.90 Å². The number of ether oxygens (including phenoxy) is 2. The Morgan fingerprint density at radius 3 is 3.00 bits per heavy atom. The summed E-state index contributed by atoms with van der Waals surface area (Å²) in [6.07, 6.45) is 2.33. The Morgan fingerprint density at radius 2 is 2.17 bits per heavy atom. The molecule has 0 radical (unpaired) electrons. The Hall–Kier alpha value is -1.89. The fourth-order valence-electron chi connectivity index (χ4n) is 3.15. The molecule has 1 aliphatic heterocycles. The second-order valence-electron chi connectivity index (χ2n) is 6.21. The van der Waals surface area contributed by atoms with Gasteiger partial charge in [0.1, 0.15) is 5.75 Å². The predicted molar refractivity (Wildman–Crippen MR) is 90.8 cm³/mol. The number of aryl methyl sites for hydroxylation is 1. The lowest BCUT2D eigenvalue weighted by Gasteiger charge is -2.28. The number of aliphatic hydroxyl groups excluding tert-OH is 1. The maximum atomic E-state index is 10.2. The van der Waals surface area contributed by atoms with Gasteiger partial charge in [0.05, 0.1) is 38.4 Å². The Bertz CT molecular complexity index is 671. The van der Waals surface area contributed by atoms with E-state index in [0.29, 0.717) is 19.8 Å². The summed E-state index contributed by atoms with van der Waals surface area (Å²) in [4.78, 5) is 6.66. The first-order chi connectivity index (χ1) is 11.7. The van der Waals surface area contributed by atoms with Crippen molar-refractivity contribution in [2.45, 2.75) is 25.7 Å². The highest BCUT2D eigenvalue weighted by atomic mass is 16.5. The zero-order valence-corrected chi connectivity index (χ0v) is 14.3. The predicted octanol–water partition coefficient (Wildman–Crippen LogP) is 1.36. The maximum absolute atomic E-state index is 10.2. The molecule has 6 heteroatoms. The van der Waals surface area contributed by atoms with E-state index in [1.54, 1.807) is 7.11 Å². The third kappa shape index (κ3) is 3.95. The summed E-state index contributed by atoms with van der Waals surface area (Å²) in [6.45, 7) is 3.08. The van der Waals surface area contributed by atoms with Crippen molar-refractivity contribution in [2.75, 3.05) is 26.8 Å². The van der Waals surface area contributed by atoms with Crippen LogP contribution in [0.2, 0.25) is 0 Å². The molecule has 6 nitrogen and oxygen atoms in total. The van der Waals surface area contributed by atoms with Crippen LogP contribution in [-0.4, -0.2) is 52.5 Å². The number of rotatable bonds is 7. The molecule has 1 aliphatic rings. The van der Waals surface area contributed by atoms with Gasteiger partial charge in [-0.25, -0.2) is 4.98 Å². The van der Waals surface area contributed by atoms with Gasteiger partial charge in [0.15, 0.2) is 0 Å². The molecule has 3 rings (SSSR count). The van der Waals surface area contributed by atoms with Crippen LogP contribution in [0.3, 0.4) is 0 Å². The molecular formula is C18H25N3O3. The smallest absolute Gasteiger partial charge is 0.124 e. The van der Waals surface area contributed by atoms with Crippen LogP contribution >= 0.6 is 0 Å². The van der Waals surface area contributed by atoms with Gasteiger partial charge in [0.25, 0.3) is 0 Å². The zero-order chi connectivity index (χ0) is 16.9. The number of aliphatic hydroxyl groups is 1. The van der Waals surface area contributed by atoms with E-state index in [1.807, 2.05) is 37.6 Å². The Morgan fingerprint density at radius 1 is 1.33 bits per heavy atom. The summed E-state index contributed by atoms with van der Waals surface area (Å²) in [5, 5.41) is 10.2. The van der Waals surface area contributed by atoms with Gasteiger partial charge in [-0.1, -0.05) is 18.2 Å². The molecule has 0 saturated carbocycles. The van der Waals surface area contributed by atoms with E-state index in [0.717, 1.165) is 36.5 Å². The third-order valence-electron chi connectivity index (χ3n) is 4.41. The summed E-state index contributed by atoms with van der Waals surface area (Å²) in [7, 11) is 3.68. The fourth-order valence-corrected chi connectivity index (χ4v) is 3.15. The van der Waals surface area contributed by atoms with Crippen LogP contribution in [0.1, 0.15) is 17.0 Å². The standard InChI is InChI=1S/C18H25N3O3/c1-20-13-19-16-10-21(8-7-17(16)20)9-15(22)12-24-11-14-5-3-4-6-18(14)23-2/h3-6,13,15,22H,7-12H2,1-2H3/t15-/m0/s1. The third-order valence-corrected chi connectivity index (χ3v) is 4.41. The number of nitrogens with zero attached hydrogens (tertiary/aromatic N) is 3. The molecular weight excluding hydrogens is 306 g/mol. The molecule has 24 heavy (non-hydrogen) atoms. The molecule has 1 aromatic heterocycles. The van der Waals surface area contributed by atoms with Crippen LogP contribution in [0.4, 0.5) is 0 Å². The minimum atomic E-state index is -0.509. The van der Waals surface area contributed by atoms with E-state index in [-0.39, 0.29) is 0 Å². The van der Waals surface area contributed by atoms with Crippen molar-refractivity contribution in [1.29, 1.82) is 0 Å². The molecule has 1 atom stereocenters. The van der Waals surface area contributed by atoms with Crippen LogP contribution in [0.15, 0.2) is 30.6 Å². The number of aromatic nitrogens is 2. The van der Waals surface area contributed by atoms with E-state index >= 15 is 0 Å². The minimum absolute atomic E-state index is 0.309. The average molecular weight is 331 g/mol. The number of methoxy groups -OCH3 is 1. The number of β-amino-alcohol motifs (C(OH)–C–C–N with tert-alkyl or cyclic N) is 1. The lowest BCUT2D eigenvalue weighted by molar-refractivity contribution is 0.00698. The summed E-state index contributed by atoms with van der Waals surface area (Å²) in [5.41, 5.74) is 3.40. The highest BCUT2D eigenvalue weighted by molar-refractivity contribution is 5.32. The summed E-state index contributed by atoms with van der Waals surface area (Å²) in [5.74, 6) is 0.811. The van der Waals surface area contributed by atoms with Gasteiger partial charge in [0.2, 0.25) is 0 Å². The van der Waals surface area contributed by atoms with Crippen molar-refractivity contribution in [3.63, 3.8) is 0 Å². The molecule has 1 N–H and O–H groups in total. The van der Waals surface area contributed by atoms with Gasteiger partial charge < -0.3 is 19.1 Å². The molecule has 0 unspecified atom stereocenters. The molecule has 0 spiro atoms. The van der Waals surface area contributed by atoms with Crippen LogP contribution < -0.4 is 4.74 Å². The summed E-state index contributed by atoms with van der Waals surface area (Å²) in [6, 6.07) is 7.76. The van der Waals surface area contributed by atoms with Gasteiger partial charge >= 0.3 is 0 Å². The van der Waals surface area contributed by atoms with Gasteiger partial charge in [-0.15, -0.1) is 0 Å². The lowest BCUT2D eigenvalue weighted by Crippen LogP contribution is -2.38. The SMILES string of the molecule is COc1ccccc1COC[C@@H](O)CN1CCc2c(ncn2C)C1. The quantitative estimate of drug-likeness (QED) is 0.830. The van der Waals surface area contributed by atoms with Gasteiger partial charge in [-0.05, 0) is 6.07 Å². The molecule has 0 saturated heterocycles. The first-order valence-corrected chi connectivity index (χ1v) is 8.26. The van der Waals surface area contributed by atoms with E-state index < -0.39 is 6.10 Å². The highest BCUT2D eigenvalue weighted by Gasteiger charge is 2.21. The van der Waals surface area contributed by atoms with Crippen molar-refractivity contribution in [1.82, 2.24) is 14.5 Å². The minimum Gasteiger partial charge on any atom is -0.496 e. The van der Waals surface area contributed by atoms with Gasteiger partial charge in [-0.2, -0.15) is 0 Å². The Labute approximate surface area is 142 Å². The molecule has 0 bridgehead atoms. The van der Waals surface area contributed by atoms with Crippen molar-refractivity contribution in [3.05, 3.63) is 47.5 Å². The number of benzene rings is 1. The molecule has 0 fully saturated rings. The van der Waals surface area contributed by atoms with Crippen LogP contribution in [-0.2, 0) is 31.4 Å². The average Bonchev–Trinajstić information content (AvgIpc) is 2.96. The van der Waals surface area contributed by atoms with E-state index in [9.17, 15) is 5.11 Å². The number of fused-ring (bicyclic) bond motifs is 1. The normalized spacial score (nSPS) is 16.0. The number of hydrogen-bond donors (Lipinski definition) is 1. The number of hydrogen-bond acceptors (Lipinski definition) is 5. The van der Waals surface area contributed by atoms with Crippen molar-refractivity contribution < 1.29 is 14.6 Å². The molecule has 130 valence electrons. The monoisotopic (exact) mass is 331 g/mol.